The van der Waals surface area contributed by atoms with Crippen molar-refractivity contribution in [1.29, 1.82) is 0 Å². The van der Waals surface area contributed by atoms with Crippen LogP contribution < -0.4 is 5.32 Å². The second kappa shape index (κ2) is 6.22. The highest BCUT2D eigenvalue weighted by Gasteiger charge is 2.23. The van der Waals surface area contributed by atoms with Crippen molar-refractivity contribution < 1.29 is 4.79 Å². The van der Waals surface area contributed by atoms with Gasteiger partial charge in [0.05, 0.1) is 0 Å². The number of hydrogen-bond acceptors (Lipinski definition) is 5. The van der Waals surface area contributed by atoms with E-state index in [0.717, 1.165) is 25.3 Å². The quantitative estimate of drug-likeness (QED) is 0.946. The number of nitrogens with one attached hydrogen (secondary N) is 1. The van der Waals surface area contributed by atoms with Gasteiger partial charge >= 0.3 is 0 Å². The van der Waals surface area contributed by atoms with E-state index in [-0.39, 0.29) is 5.91 Å². The van der Waals surface area contributed by atoms with E-state index in [2.05, 4.69) is 22.2 Å². The Bertz CT molecular complexity index is 613. The molecule has 6 heteroatoms. The van der Waals surface area contributed by atoms with E-state index in [9.17, 15) is 4.79 Å². The van der Waals surface area contributed by atoms with Crippen LogP contribution in [-0.4, -0.2) is 33.9 Å². The molecule has 0 saturated carbocycles. The third kappa shape index (κ3) is 3.39. The first-order chi connectivity index (χ1) is 10.2. The predicted octanol–water partition coefficient (Wildman–Crippen LogP) is 3.15. The molecule has 0 spiro atoms. The Labute approximate surface area is 128 Å². The van der Waals surface area contributed by atoms with Crippen LogP contribution in [-0.2, 0) is 0 Å². The molecule has 1 aliphatic heterocycles. The van der Waals surface area contributed by atoms with Gasteiger partial charge in [0.25, 0.3) is 5.91 Å². The van der Waals surface area contributed by atoms with Crippen LogP contribution in [0.2, 0.25) is 0 Å². The Balaban J connectivity index is 1.68. The first kappa shape index (κ1) is 14.0. The number of piperidine rings is 1. The summed E-state index contributed by atoms with van der Waals surface area (Å²) in [7, 11) is 0. The fraction of sp³-hybridized carbons (Fsp3) is 0.400. The Hall–Kier alpha value is -1.95. The smallest absolute Gasteiger partial charge is 0.273 e. The number of pyridine rings is 1. The highest BCUT2D eigenvalue weighted by Crippen LogP contribution is 2.22. The second-order valence-electron chi connectivity index (χ2n) is 5.38. The summed E-state index contributed by atoms with van der Waals surface area (Å²) in [5.74, 6) is 1.34. The van der Waals surface area contributed by atoms with Gasteiger partial charge in [-0.15, -0.1) is 11.3 Å². The maximum atomic E-state index is 12.4. The number of carbonyl (C=O) groups excluding carboxylic acids is 1. The van der Waals surface area contributed by atoms with Gasteiger partial charge in [-0.2, -0.15) is 0 Å². The zero-order chi connectivity index (χ0) is 14.7. The van der Waals surface area contributed by atoms with Crippen molar-refractivity contribution in [3.05, 3.63) is 35.5 Å². The molecular weight excluding hydrogens is 284 g/mol. The largest absolute Gasteiger partial charge is 0.337 e. The standard InChI is InChI=1S/C15H18N4OS/c1-11-5-4-8-19(9-11)14(20)12-10-21-15(17-12)18-13-6-2-3-7-16-13/h2-3,6-7,10-11H,4-5,8-9H2,1H3,(H,16,17,18). The van der Waals surface area contributed by atoms with Crippen molar-refractivity contribution in [2.75, 3.05) is 18.4 Å². The highest BCUT2D eigenvalue weighted by atomic mass is 32.1. The molecule has 1 fully saturated rings. The number of rotatable bonds is 3. The Morgan fingerprint density at radius 3 is 3.14 bits per heavy atom. The van der Waals surface area contributed by atoms with Crippen molar-refractivity contribution in [1.82, 2.24) is 14.9 Å². The number of nitrogens with zero attached hydrogens (tertiary/aromatic N) is 3. The van der Waals surface area contributed by atoms with Gasteiger partial charge in [0.1, 0.15) is 11.5 Å². The minimum Gasteiger partial charge on any atom is -0.337 e. The van der Waals surface area contributed by atoms with Gasteiger partial charge in [-0.1, -0.05) is 13.0 Å². The van der Waals surface area contributed by atoms with Crippen molar-refractivity contribution in [3.63, 3.8) is 0 Å². The molecule has 0 aliphatic carbocycles. The summed E-state index contributed by atoms with van der Waals surface area (Å²) in [4.78, 5) is 22.9. The van der Waals surface area contributed by atoms with Gasteiger partial charge in [0.2, 0.25) is 0 Å². The lowest BCUT2D eigenvalue weighted by atomic mass is 10.0. The molecule has 21 heavy (non-hydrogen) atoms. The summed E-state index contributed by atoms with van der Waals surface area (Å²) in [6.07, 6.45) is 4.00. The lowest BCUT2D eigenvalue weighted by Crippen LogP contribution is -2.39. The van der Waals surface area contributed by atoms with Crippen LogP contribution in [0.15, 0.2) is 29.8 Å². The van der Waals surface area contributed by atoms with Gasteiger partial charge in [0, 0.05) is 24.7 Å². The van der Waals surface area contributed by atoms with Crippen LogP contribution in [0.4, 0.5) is 10.9 Å². The maximum Gasteiger partial charge on any atom is 0.273 e. The van der Waals surface area contributed by atoms with E-state index < -0.39 is 0 Å². The summed E-state index contributed by atoms with van der Waals surface area (Å²) in [5, 5.41) is 5.63. The molecular formula is C15H18N4OS. The first-order valence-electron chi connectivity index (χ1n) is 7.15. The number of amides is 1. The minimum absolute atomic E-state index is 0.0341. The molecule has 1 N–H and O–H groups in total. The molecule has 1 unspecified atom stereocenters. The molecule has 1 saturated heterocycles. The molecule has 5 nitrogen and oxygen atoms in total. The third-order valence-electron chi connectivity index (χ3n) is 3.57. The molecule has 3 rings (SSSR count). The average Bonchev–Trinajstić information content (AvgIpc) is 2.96. The topological polar surface area (TPSA) is 58.1 Å². The Kier molecular flexibility index (Phi) is 4.15. The zero-order valence-corrected chi connectivity index (χ0v) is 12.8. The number of thiazole rings is 1. The van der Waals surface area contributed by atoms with E-state index in [0.29, 0.717) is 16.7 Å². The molecule has 110 valence electrons. The van der Waals surface area contributed by atoms with Gasteiger partial charge in [-0.25, -0.2) is 9.97 Å². The fourth-order valence-electron chi connectivity index (χ4n) is 2.51. The predicted molar refractivity (Wildman–Crippen MR) is 83.9 cm³/mol. The summed E-state index contributed by atoms with van der Waals surface area (Å²) >= 11 is 1.43. The van der Waals surface area contributed by atoms with Crippen LogP contribution >= 0.6 is 11.3 Å². The monoisotopic (exact) mass is 302 g/mol. The van der Waals surface area contributed by atoms with Gasteiger partial charge in [-0.05, 0) is 30.9 Å². The summed E-state index contributed by atoms with van der Waals surface area (Å²) in [5.41, 5.74) is 0.521. The number of carbonyl (C=O) groups is 1. The Morgan fingerprint density at radius 1 is 1.48 bits per heavy atom. The van der Waals surface area contributed by atoms with Crippen LogP contribution in [0.1, 0.15) is 30.3 Å². The lowest BCUT2D eigenvalue weighted by Gasteiger charge is -2.30. The van der Waals surface area contributed by atoms with Crippen molar-refractivity contribution >= 4 is 28.2 Å². The SMILES string of the molecule is CC1CCCN(C(=O)c2csc(Nc3ccccn3)n2)C1. The minimum atomic E-state index is 0.0341. The normalized spacial score (nSPS) is 18.5. The van der Waals surface area contributed by atoms with Crippen LogP contribution in [0, 0.1) is 5.92 Å². The number of hydrogen-bond donors (Lipinski definition) is 1. The van der Waals surface area contributed by atoms with Crippen molar-refractivity contribution in [2.45, 2.75) is 19.8 Å². The molecule has 3 heterocycles. The van der Waals surface area contributed by atoms with Gasteiger partial charge in [0.15, 0.2) is 5.13 Å². The summed E-state index contributed by atoms with van der Waals surface area (Å²) in [6, 6.07) is 5.64. The lowest BCUT2D eigenvalue weighted by molar-refractivity contribution is 0.0678. The van der Waals surface area contributed by atoms with E-state index in [1.54, 1.807) is 6.20 Å². The van der Waals surface area contributed by atoms with Crippen molar-refractivity contribution in [3.8, 4) is 0 Å². The molecule has 1 atom stereocenters. The molecule has 1 aliphatic rings. The van der Waals surface area contributed by atoms with E-state index in [1.165, 1.54) is 17.8 Å². The molecule has 2 aromatic heterocycles. The molecule has 0 bridgehead atoms. The van der Waals surface area contributed by atoms with Crippen LogP contribution in [0.25, 0.3) is 0 Å². The number of anilines is 2. The maximum absolute atomic E-state index is 12.4. The Morgan fingerprint density at radius 2 is 2.38 bits per heavy atom. The molecule has 0 aromatic carbocycles. The number of aromatic nitrogens is 2. The molecule has 1 amide bonds. The zero-order valence-electron chi connectivity index (χ0n) is 12.0. The van der Waals surface area contributed by atoms with Crippen LogP contribution in [0.3, 0.4) is 0 Å². The van der Waals surface area contributed by atoms with E-state index >= 15 is 0 Å². The highest BCUT2D eigenvalue weighted by molar-refractivity contribution is 7.14. The fourth-order valence-corrected chi connectivity index (χ4v) is 3.20. The van der Waals surface area contributed by atoms with Gasteiger partial charge < -0.3 is 10.2 Å². The number of likely N-dealkylation sites (tertiary alicyclic amines) is 1. The summed E-state index contributed by atoms with van der Waals surface area (Å²) in [6.45, 7) is 3.86. The molecule has 0 radical (unpaired) electrons. The third-order valence-corrected chi connectivity index (χ3v) is 4.33. The van der Waals surface area contributed by atoms with Crippen molar-refractivity contribution in [2.24, 2.45) is 5.92 Å². The van der Waals surface area contributed by atoms with E-state index in [1.807, 2.05) is 28.5 Å². The van der Waals surface area contributed by atoms with Gasteiger partial charge in [-0.3, -0.25) is 4.79 Å². The van der Waals surface area contributed by atoms with Crippen LogP contribution in [0.5, 0.6) is 0 Å². The average molecular weight is 302 g/mol. The molecule has 2 aromatic rings. The second-order valence-corrected chi connectivity index (χ2v) is 6.23. The van der Waals surface area contributed by atoms with E-state index in [4.69, 9.17) is 0 Å². The first-order valence-corrected chi connectivity index (χ1v) is 8.03. The summed E-state index contributed by atoms with van der Waals surface area (Å²) < 4.78 is 0.